The molecular formula is C22H27N3O3S. The first-order chi connectivity index (χ1) is 13.9. The van der Waals surface area contributed by atoms with Gasteiger partial charge in [-0.15, -0.1) is 0 Å². The maximum absolute atomic E-state index is 12.1. The van der Waals surface area contributed by atoms with Gasteiger partial charge in [-0.25, -0.2) is 4.79 Å². The van der Waals surface area contributed by atoms with Gasteiger partial charge in [0.25, 0.3) is 0 Å². The van der Waals surface area contributed by atoms with Crippen LogP contribution in [0.3, 0.4) is 0 Å². The molecule has 0 aliphatic heterocycles. The van der Waals surface area contributed by atoms with Crippen molar-refractivity contribution >= 4 is 40.5 Å². The number of carbonyl (C=O) groups excluding carboxylic acids is 2. The summed E-state index contributed by atoms with van der Waals surface area (Å²) in [5, 5.41) is 6.49. The molecule has 0 unspecified atom stereocenters. The van der Waals surface area contributed by atoms with Crippen molar-refractivity contribution < 1.29 is 14.3 Å². The molecule has 0 aliphatic carbocycles. The van der Waals surface area contributed by atoms with Crippen molar-refractivity contribution in [2.24, 2.45) is 0 Å². The Morgan fingerprint density at radius 1 is 0.966 bits per heavy atom. The Morgan fingerprint density at radius 2 is 1.62 bits per heavy atom. The third-order valence-electron chi connectivity index (χ3n) is 4.44. The van der Waals surface area contributed by atoms with Crippen LogP contribution in [-0.2, 0) is 4.74 Å². The maximum atomic E-state index is 12.1. The van der Waals surface area contributed by atoms with Gasteiger partial charge in [0, 0.05) is 23.5 Å². The minimum absolute atomic E-state index is 0.00732. The number of benzene rings is 2. The summed E-state index contributed by atoms with van der Waals surface area (Å²) >= 11 is 5.31. The van der Waals surface area contributed by atoms with E-state index in [0.29, 0.717) is 22.8 Å². The molecule has 0 heterocycles. The van der Waals surface area contributed by atoms with Crippen LogP contribution in [-0.4, -0.2) is 48.0 Å². The Bertz CT molecular complexity index is 849. The summed E-state index contributed by atoms with van der Waals surface area (Å²) in [6, 6.07) is 14.0. The number of Topliss-reactive ketones (excluding diaryl/α,β-unsaturated/α-hetero) is 1. The van der Waals surface area contributed by atoms with Crippen LogP contribution in [0, 0.1) is 0 Å². The van der Waals surface area contributed by atoms with Gasteiger partial charge in [-0.2, -0.15) is 0 Å². The van der Waals surface area contributed by atoms with Crippen molar-refractivity contribution in [2.45, 2.75) is 20.8 Å². The van der Waals surface area contributed by atoms with Gasteiger partial charge in [0.15, 0.2) is 10.9 Å². The summed E-state index contributed by atoms with van der Waals surface area (Å²) in [6.07, 6.45) is 0. The zero-order valence-corrected chi connectivity index (χ0v) is 17.8. The quantitative estimate of drug-likeness (QED) is 0.363. The van der Waals surface area contributed by atoms with E-state index >= 15 is 0 Å². The Balaban J connectivity index is 1.86. The summed E-state index contributed by atoms with van der Waals surface area (Å²) in [5.41, 5.74) is 2.57. The normalized spacial score (nSPS) is 10.5. The monoisotopic (exact) mass is 413 g/mol. The number of anilines is 2. The molecule has 2 N–H and O–H groups in total. The topological polar surface area (TPSA) is 70.7 Å². The number of nitrogens with one attached hydrogen (secondary N) is 2. The second-order valence-corrected chi connectivity index (χ2v) is 6.86. The lowest BCUT2D eigenvalue weighted by atomic mass is 10.1. The minimum Gasteiger partial charge on any atom is -0.461 e. The highest BCUT2D eigenvalue weighted by Crippen LogP contribution is 2.14. The van der Waals surface area contributed by atoms with E-state index in [4.69, 9.17) is 17.0 Å². The van der Waals surface area contributed by atoms with Crippen LogP contribution in [0.2, 0.25) is 0 Å². The van der Waals surface area contributed by atoms with Crippen molar-refractivity contribution in [3.8, 4) is 0 Å². The molecule has 2 aromatic rings. The van der Waals surface area contributed by atoms with Crippen molar-refractivity contribution in [3.63, 3.8) is 0 Å². The third-order valence-corrected chi connectivity index (χ3v) is 4.64. The third kappa shape index (κ3) is 7.29. The fraction of sp³-hybridized carbons (Fsp3) is 0.318. The predicted octanol–water partition coefficient (Wildman–Crippen LogP) is 4.20. The van der Waals surface area contributed by atoms with Gasteiger partial charge in [0.05, 0.1) is 5.56 Å². The van der Waals surface area contributed by atoms with Crippen molar-refractivity contribution in [2.75, 3.05) is 36.9 Å². The van der Waals surface area contributed by atoms with E-state index < -0.39 is 0 Å². The molecule has 2 rings (SSSR count). The first kappa shape index (κ1) is 22.5. The molecule has 0 aliphatic rings. The van der Waals surface area contributed by atoms with Gasteiger partial charge >= 0.3 is 5.97 Å². The Kier molecular flexibility index (Phi) is 8.76. The fourth-order valence-electron chi connectivity index (χ4n) is 2.69. The van der Waals surface area contributed by atoms with Crippen LogP contribution < -0.4 is 10.6 Å². The zero-order valence-electron chi connectivity index (χ0n) is 17.0. The van der Waals surface area contributed by atoms with E-state index in [-0.39, 0.29) is 11.8 Å². The van der Waals surface area contributed by atoms with Crippen LogP contribution in [0.1, 0.15) is 41.5 Å². The van der Waals surface area contributed by atoms with Gasteiger partial charge in [0.1, 0.15) is 6.61 Å². The number of carbonyl (C=O) groups is 2. The predicted molar refractivity (Wildman–Crippen MR) is 121 cm³/mol. The molecule has 0 saturated heterocycles. The van der Waals surface area contributed by atoms with Gasteiger partial charge in [-0.1, -0.05) is 26.0 Å². The molecule has 0 spiro atoms. The number of nitrogens with zero attached hydrogens (tertiary/aromatic N) is 1. The number of hydrogen-bond acceptors (Lipinski definition) is 5. The van der Waals surface area contributed by atoms with E-state index in [2.05, 4.69) is 29.4 Å². The summed E-state index contributed by atoms with van der Waals surface area (Å²) in [7, 11) is 0. The largest absolute Gasteiger partial charge is 0.461 e. The second-order valence-electron chi connectivity index (χ2n) is 6.46. The summed E-state index contributed by atoms with van der Waals surface area (Å²) in [4.78, 5) is 25.8. The van der Waals surface area contributed by atoms with Gasteiger partial charge < -0.3 is 20.3 Å². The molecular weight excluding hydrogens is 386 g/mol. The second kappa shape index (κ2) is 11.3. The van der Waals surface area contributed by atoms with E-state index in [0.717, 1.165) is 31.0 Å². The number of likely N-dealkylation sites (N-methyl/N-ethyl adjacent to an activating group) is 1. The van der Waals surface area contributed by atoms with Gasteiger partial charge in [-0.3, -0.25) is 4.79 Å². The van der Waals surface area contributed by atoms with Crippen LogP contribution in [0.5, 0.6) is 0 Å². The SMILES string of the molecule is CCN(CC)CCOC(=O)c1ccc(NC(=S)Nc2cccc(C(C)=O)c2)cc1. The molecule has 0 fully saturated rings. The maximum Gasteiger partial charge on any atom is 0.338 e. The van der Waals surface area contributed by atoms with E-state index in [1.807, 2.05) is 6.07 Å². The lowest BCUT2D eigenvalue weighted by Gasteiger charge is -2.17. The molecule has 6 nitrogen and oxygen atoms in total. The molecule has 0 saturated carbocycles. The van der Waals surface area contributed by atoms with Crippen molar-refractivity contribution in [1.29, 1.82) is 0 Å². The summed E-state index contributed by atoms with van der Waals surface area (Å²) in [6.45, 7) is 8.64. The van der Waals surface area contributed by atoms with Crippen LogP contribution in [0.15, 0.2) is 48.5 Å². The Morgan fingerprint density at radius 3 is 2.24 bits per heavy atom. The standard InChI is InChI=1S/C22H27N3O3S/c1-4-25(5-2)13-14-28-21(27)17-9-11-19(12-10-17)23-22(29)24-20-8-6-7-18(15-20)16(3)26/h6-12,15H,4-5,13-14H2,1-3H3,(H2,23,24,29). The zero-order chi connectivity index (χ0) is 21.2. The first-order valence-electron chi connectivity index (χ1n) is 9.61. The fourth-order valence-corrected chi connectivity index (χ4v) is 2.93. The molecule has 0 amide bonds. The lowest BCUT2D eigenvalue weighted by Crippen LogP contribution is -2.27. The van der Waals surface area contributed by atoms with E-state index in [1.54, 1.807) is 42.5 Å². The summed E-state index contributed by atoms with van der Waals surface area (Å²) < 4.78 is 5.33. The number of hydrogen-bond donors (Lipinski definition) is 2. The van der Waals surface area contributed by atoms with Crippen LogP contribution in [0.25, 0.3) is 0 Å². The molecule has 0 aromatic heterocycles. The highest BCUT2D eigenvalue weighted by atomic mass is 32.1. The first-order valence-corrected chi connectivity index (χ1v) is 10.0. The molecule has 29 heavy (non-hydrogen) atoms. The number of rotatable bonds is 9. The Labute approximate surface area is 177 Å². The highest BCUT2D eigenvalue weighted by Gasteiger charge is 2.09. The van der Waals surface area contributed by atoms with Gasteiger partial charge in [0.2, 0.25) is 0 Å². The molecule has 0 radical (unpaired) electrons. The van der Waals surface area contributed by atoms with Crippen LogP contribution >= 0.6 is 12.2 Å². The molecule has 0 bridgehead atoms. The molecule has 7 heteroatoms. The van der Waals surface area contributed by atoms with E-state index in [9.17, 15) is 9.59 Å². The van der Waals surface area contributed by atoms with E-state index in [1.165, 1.54) is 6.92 Å². The number of esters is 1. The average molecular weight is 414 g/mol. The minimum atomic E-state index is -0.342. The smallest absolute Gasteiger partial charge is 0.338 e. The summed E-state index contributed by atoms with van der Waals surface area (Å²) in [5.74, 6) is -0.349. The highest BCUT2D eigenvalue weighted by molar-refractivity contribution is 7.80. The van der Waals surface area contributed by atoms with Crippen molar-refractivity contribution in [3.05, 3.63) is 59.7 Å². The average Bonchev–Trinajstić information content (AvgIpc) is 2.71. The molecule has 0 atom stereocenters. The Hall–Kier alpha value is -2.77. The molecule has 2 aromatic carbocycles. The van der Waals surface area contributed by atoms with Crippen molar-refractivity contribution in [1.82, 2.24) is 4.90 Å². The molecule has 154 valence electrons. The van der Waals surface area contributed by atoms with Crippen LogP contribution in [0.4, 0.5) is 11.4 Å². The number of ether oxygens (including phenoxy) is 1. The van der Waals surface area contributed by atoms with Gasteiger partial charge in [-0.05, 0) is 68.6 Å². The number of thiocarbonyl (C=S) groups is 1. The number of ketones is 1. The lowest BCUT2D eigenvalue weighted by molar-refractivity contribution is 0.0466.